The Morgan fingerprint density at radius 2 is 2.44 bits per heavy atom. The maximum absolute atomic E-state index is 11.6. The molecule has 0 aliphatic heterocycles. The first-order valence-electron chi connectivity index (χ1n) is 5.86. The molecule has 0 fully saturated rings. The fraction of sp³-hybridized carbons (Fsp3) is 0.615. The van der Waals surface area contributed by atoms with Crippen molar-refractivity contribution in [1.29, 1.82) is 0 Å². The number of hydrogen-bond donors (Lipinski definition) is 0. The summed E-state index contributed by atoms with van der Waals surface area (Å²) in [6, 6.07) is 0. The van der Waals surface area contributed by atoms with Gasteiger partial charge < -0.3 is 4.74 Å². The maximum Gasteiger partial charge on any atom is 0.307 e. The largest absolute Gasteiger partial charge is 0.449 e. The van der Waals surface area contributed by atoms with E-state index >= 15 is 0 Å². The Bertz CT molecular complexity index is 307. The highest BCUT2D eigenvalue weighted by atomic mass is 79.9. The van der Waals surface area contributed by atoms with E-state index in [0.717, 1.165) is 30.2 Å². The zero-order valence-corrected chi connectivity index (χ0v) is 11.5. The van der Waals surface area contributed by atoms with Crippen molar-refractivity contribution < 1.29 is 9.53 Å². The molecule has 0 amide bonds. The first-order valence-corrected chi connectivity index (χ1v) is 6.65. The predicted octanol–water partition coefficient (Wildman–Crippen LogP) is 4.11. The zero-order valence-electron chi connectivity index (χ0n) is 9.96. The van der Waals surface area contributed by atoms with Gasteiger partial charge in [-0.1, -0.05) is 35.0 Å². The van der Waals surface area contributed by atoms with E-state index < -0.39 is 5.60 Å². The van der Waals surface area contributed by atoms with E-state index in [1.165, 1.54) is 0 Å². The summed E-state index contributed by atoms with van der Waals surface area (Å²) in [7, 11) is 0. The Balaban J connectivity index is 2.84. The monoisotopic (exact) mass is 286 g/mol. The summed E-state index contributed by atoms with van der Waals surface area (Å²) >= 11 is 3.53. The molecular formula is C13H19BrO2. The normalized spacial score (nSPS) is 25.6. The van der Waals surface area contributed by atoms with Gasteiger partial charge in [0.05, 0.1) is 0 Å². The highest BCUT2D eigenvalue weighted by Crippen LogP contribution is 2.38. The number of esters is 1. The molecule has 1 aliphatic rings. The van der Waals surface area contributed by atoms with Crippen molar-refractivity contribution in [2.45, 2.75) is 51.6 Å². The minimum Gasteiger partial charge on any atom is -0.449 e. The van der Waals surface area contributed by atoms with E-state index in [1.54, 1.807) is 0 Å². The SMILES string of the molecule is C/C=C/C1(OC(=O)CCC)CCCC=C1Br. The summed E-state index contributed by atoms with van der Waals surface area (Å²) in [5.41, 5.74) is -0.542. The molecule has 0 radical (unpaired) electrons. The van der Waals surface area contributed by atoms with Crippen molar-refractivity contribution in [2.75, 3.05) is 0 Å². The van der Waals surface area contributed by atoms with E-state index in [-0.39, 0.29) is 5.97 Å². The smallest absolute Gasteiger partial charge is 0.307 e. The first kappa shape index (κ1) is 13.5. The van der Waals surface area contributed by atoms with Crippen LogP contribution in [0.2, 0.25) is 0 Å². The second-order valence-corrected chi connectivity index (χ2v) is 4.91. The molecule has 1 rings (SSSR count). The van der Waals surface area contributed by atoms with Crippen molar-refractivity contribution in [2.24, 2.45) is 0 Å². The molecule has 0 aromatic rings. The molecule has 16 heavy (non-hydrogen) atoms. The van der Waals surface area contributed by atoms with Gasteiger partial charge in [-0.05, 0) is 38.7 Å². The second-order valence-electron chi connectivity index (χ2n) is 4.06. The van der Waals surface area contributed by atoms with Crippen LogP contribution < -0.4 is 0 Å². The summed E-state index contributed by atoms with van der Waals surface area (Å²) in [6.45, 7) is 3.93. The average molecular weight is 287 g/mol. The number of carbonyl (C=O) groups excluding carboxylic acids is 1. The molecule has 1 aliphatic carbocycles. The van der Waals surface area contributed by atoms with Gasteiger partial charge in [-0.15, -0.1) is 0 Å². The fourth-order valence-electron chi connectivity index (χ4n) is 1.91. The molecule has 0 bridgehead atoms. The van der Waals surface area contributed by atoms with Crippen LogP contribution in [0.15, 0.2) is 22.7 Å². The average Bonchev–Trinajstić information content (AvgIpc) is 2.23. The van der Waals surface area contributed by atoms with Crippen LogP contribution in [0.3, 0.4) is 0 Å². The van der Waals surface area contributed by atoms with Crippen molar-refractivity contribution in [3.8, 4) is 0 Å². The molecule has 0 spiro atoms. The molecule has 90 valence electrons. The third kappa shape index (κ3) is 3.21. The van der Waals surface area contributed by atoms with Crippen LogP contribution in [-0.2, 0) is 9.53 Å². The van der Waals surface area contributed by atoms with Gasteiger partial charge in [0.2, 0.25) is 0 Å². The van der Waals surface area contributed by atoms with Gasteiger partial charge in [0.25, 0.3) is 0 Å². The molecule has 0 heterocycles. The standard InChI is InChI=1S/C13H19BrO2/c1-3-7-12(15)16-13(9-4-2)10-6-5-8-11(13)14/h4,8-9H,3,5-7,10H2,1-2H3/b9-4+. The Hall–Kier alpha value is -0.570. The van der Waals surface area contributed by atoms with Crippen LogP contribution in [-0.4, -0.2) is 11.6 Å². The molecule has 0 saturated carbocycles. The highest BCUT2D eigenvalue weighted by molar-refractivity contribution is 9.11. The number of hydrogen-bond acceptors (Lipinski definition) is 2. The summed E-state index contributed by atoms with van der Waals surface area (Å²) in [5, 5.41) is 0. The number of halogens is 1. The minimum atomic E-state index is -0.542. The molecule has 0 aromatic carbocycles. The van der Waals surface area contributed by atoms with Crippen LogP contribution in [0.1, 0.15) is 46.0 Å². The van der Waals surface area contributed by atoms with Crippen molar-refractivity contribution in [1.82, 2.24) is 0 Å². The van der Waals surface area contributed by atoms with Crippen LogP contribution in [0.4, 0.5) is 0 Å². The summed E-state index contributed by atoms with van der Waals surface area (Å²) in [4.78, 5) is 11.6. The Morgan fingerprint density at radius 3 is 3.00 bits per heavy atom. The van der Waals surface area contributed by atoms with E-state index in [4.69, 9.17) is 4.74 Å². The minimum absolute atomic E-state index is 0.118. The van der Waals surface area contributed by atoms with Gasteiger partial charge in [-0.25, -0.2) is 0 Å². The third-order valence-corrected chi connectivity index (χ3v) is 3.66. The number of carbonyl (C=O) groups is 1. The molecule has 3 heteroatoms. The van der Waals surface area contributed by atoms with Gasteiger partial charge in [0.15, 0.2) is 5.60 Å². The first-order chi connectivity index (χ1) is 7.64. The number of rotatable bonds is 4. The van der Waals surface area contributed by atoms with Gasteiger partial charge in [0.1, 0.15) is 0 Å². The zero-order chi connectivity index (χ0) is 12.0. The van der Waals surface area contributed by atoms with Gasteiger partial charge in [-0.3, -0.25) is 4.79 Å². The molecule has 1 unspecified atom stereocenters. The molecule has 0 saturated heterocycles. The Labute approximate surface area is 106 Å². The molecule has 0 N–H and O–H groups in total. The molecule has 1 atom stereocenters. The third-order valence-electron chi connectivity index (χ3n) is 2.67. The predicted molar refractivity (Wildman–Crippen MR) is 69.4 cm³/mol. The molecular weight excluding hydrogens is 268 g/mol. The highest BCUT2D eigenvalue weighted by Gasteiger charge is 2.35. The lowest BCUT2D eigenvalue weighted by Gasteiger charge is -2.33. The van der Waals surface area contributed by atoms with Gasteiger partial charge in [-0.2, -0.15) is 0 Å². The van der Waals surface area contributed by atoms with Crippen molar-refractivity contribution >= 4 is 21.9 Å². The van der Waals surface area contributed by atoms with E-state index in [2.05, 4.69) is 22.0 Å². The lowest BCUT2D eigenvalue weighted by atomic mass is 9.90. The van der Waals surface area contributed by atoms with Crippen LogP contribution in [0.5, 0.6) is 0 Å². The lowest BCUT2D eigenvalue weighted by molar-refractivity contribution is -0.152. The number of ether oxygens (including phenoxy) is 1. The molecule has 0 aromatic heterocycles. The lowest BCUT2D eigenvalue weighted by Crippen LogP contribution is -2.35. The van der Waals surface area contributed by atoms with E-state index in [9.17, 15) is 4.79 Å². The van der Waals surface area contributed by atoms with E-state index in [0.29, 0.717) is 6.42 Å². The summed E-state index contributed by atoms with van der Waals surface area (Å²) in [5.74, 6) is -0.118. The maximum atomic E-state index is 11.6. The summed E-state index contributed by atoms with van der Waals surface area (Å²) in [6.07, 6.45) is 10.3. The van der Waals surface area contributed by atoms with Crippen LogP contribution in [0.25, 0.3) is 0 Å². The quantitative estimate of drug-likeness (QED) is 0.574. The van der Waals surface area contributed by atoms with Crippen LogP contribution in [0, 0.1) is 0 Å². The second kappa shape index (κ2) is 6.24. The van der Waals surface area contributed by atoms with E-state index in [1.807, 2.05) is 26.0 Å². The molecule has 2 nitrogen and oxygen atoms in total. The number of allylic oxidation sites excluding steroid dienone is 2. The Morgan fingerprint density at radius 1 is 1.69 bits per heavy atom. The van der Waals surface area contributed by atoms with Gasteiger partial charge in [0, 0.05) is 10.9 Å². The van der Waals surface area contributed by atoms with Gasteiger partial charge >= 0.3 is 5.97 Å². The summed E-state index contributed by atoms with van der Waals surface area (Å²) < 4.78 is 6.61. The van der Waals surface area contributed by atoms with Crippen molar-refractivity contribution in [3.63, 3.8) is 0 Å². The Kier molecular flexibility index (Phi) is 5.26. The fourth-order valence-corrected chi connectivity index (χ4v) is 2.55. The topological polar surface area (TPSA) is 26.3 Å². The van der Waals surface area contributed by atoms with Crippen molar-refractivity contribution in [3.05, 3.63) is 22.7 Å². The van der Waals surface area contributed by atoms with Crippen LogP contribution >= 0.6 is 15.9 Å².